The van der Waals surface area contributed by atoms with Crippen molar-refractivity contribution in [1.82, 2.24) is 5.32 Å². The number of methoxy groups -OCH3 is 1. The third-order valence-electron chi connectivity index (χ3n) is 2.08. The van der Waals surface area contributed by atoms with Crippen molar-refractivity contribution in [2.75, 3.05) is 7.11 Å². The first kappa shape index (κ1) is 12.2. The van der Waals surface area contributed by atoms with Gasteiger partial charge in [-0.25, -0.2) is 0 Å². The number of benzene rings is 1. The molecular weight excluding hydrogens is 258 g/mol. The van der Waals surface area contributed by atoms with E-state index in [-0.39, 0.29) is 5.91 Å². The maximum atomic E-state index is 11.4. The molecule has 1 aromatic carbocycles. The Balaban J connectivity index is 2.47. The molecule has 1 amide bonds. The first-order valence-electron chi connectivity index (χ1n) is 4.68. The van der Waals surface area contributed by atoms with E-state index in [2.05, 4.69) is 21.2 Å². The van der Waals surface area contributed by atoms with Crippen molar-refractivity contribution in [2.45, 2.75) is 19.6 Å². The summed E-state index contributed by atoms with van der Waals surface area (Å²) in [4.78, 5) is 11.4. The summed E-state index contributed by atoms with van der Waals surface area (Å²) in [7, 11) is 1.52. The molecule has 0 saturated heterocycles. The fourth-order valence-corrected chi connectivity index (χ4v) is 1.53. The van der Waals surface area contributed by atoms with Crippen molar-refractivity contribution in [2.24, 2.45) is 0 Å². The largest absolute Gasteiger partial charge is 0.372 e. The Morgan fingerprint density at radius 1 is 1.60 bits per heavy atom. The zero-order valence-corrected chi connectivity index (χ0v) is 10.4. The fourth-order valence-electron chi connectivity index (χ4n) is 1.09. The second-order valence-electron chi connectivity index (χ2n) is 3.23. The lowest BCUT2D eigenvalue weighted by atomic mass is 10.2. The van der Waals surface area contributed by atoms with Gasteiger partial charge in [-0.05, 0) is 24.6 Å². The Hall–Kier alpha value is -0.870. The van der Waals surface area contributed by atoms with Crippen LogP contribution in [0.1, 0.15) is 12.5 Å². The van der Waals surface area contributed by atoms with Crippen molar-refractivity contribution in [1.29, 1.82) is 0 Å². The van der Waals surface area contributed by atoms with Crippen LogP contribution in [-0.4, -0.2) is 19.1 Å². The lowest BCUT2D eigenvalue weighted by Gasteiger charge is -2.10. The van der Waals surface area contributed by atoms with Crippen LogP contribution < -0.4 is 5.32 Å². The van der Waals surface area contributed by atoms with E-state index < -0.39 is 6.10 Å². The van der Waals surface area contributed by atoms with Crippen LogP contribution in [0, 0.1) is 0 Å². The molecule has 0 heterocycles. The second kappa shape index (κ2) is 5.88. The number of carbonyl (C=O) groups is 1. The molecule has 82 valence electrons. The molecular formula is C11H14BrNO2. The monoisotopic (exact) mass is 271 g/mol. The average molecular weight is 272 g/mol. The molecule has 0 saturated carbocycles. The van der Waals surface area contributed by atoms with Gasteiger partial charge in [-0.3, -0.25) is 4.79 Å². The molecule has 1 atom stereocenters. The van der Waals surface area contributed by atoms with Gasteiger partial charge in [0.05, 0.1) is 0 Å². The number of carbonyl (C=O) groups excluding carboxylic acids is 1. The standard InChI is InChI=1S/C11H14BrNO2/c1-8(15-2)11(14)13-7-9-4-3-5-10(12)6-9/h3-6,8H,7H2,1-2H3,(H,13,14). The van der Waals surface area contributed by atoms with E-state index in [1.54, 1.807) is 6.92 Å². The number of hydrogen-bond donors (Lipinski definition) is 1. The lowest BCUT2D eigenvalue weighted by molar-refractivity contribution is -0.130. The average Bonchev–Trinajstić information content (AvgIpc) is 2.25. The Morgan fingerprint density at radius 3 is 2.93 bits per heavy atom. The summed E-state index contributed by atoms with van der Waals surface area (Å²) in [6.45, 7) is 2.24. The van der Waals surface area contributed by atoms with Crippen molar-refractivity contribution < 1.29 is 9.53 Å². The minimum absolute atomic E-state index is 0.0996. The highest BCUT2D eigenvalue weighted by atomic mass is 79.9. The third kappa shape index (κ3) is 4.01. The van der Waals surface area contributed by atoms with E-state index in [9.17, 15) is 4.79 Å². The van der Waals surface area contributed by atoms with Crippen molar-refractivity contribution in [3.8, 4) is 0 Å². The molecule has 1 N–H and O–H groups in total. The Kier molecular flexibility index (Phi) is 4.78. The molecule has 0 aliphatic rings. The summed E-state index contributed by atoms with van der Waals surface area (Å²) in [5.41, 5.74) is 1.06. The molecule has 1 aromatic rings. The zero-order valence-electron chi connectivity index (χ0n) is 8.79. The van der Waals surface area contributed by atoms with Gasteiger partial charge in [0.2, 0.25) is 5.91 Å². The number of nitrogens with one attached hydrogen (secondary N) is 1. The first-order valence-corrected chi connectivity index (χ1v) is 5.47. The summed E-state index contributed by atoms with van der Waals surface area (Å²) < 4.78 is 5.91. The molecule has 0 fully saturated rings. The molecule has 1 unspecified atom stereocenters. The highest BCUT2D eigenvalue weighted by molar-refractivity contribution is 9.10. The highest BCUT2D eigenvalue weighted by Crippen LogP contribution is 2.11. The molecule has 0 aliphatic heterocycles. The molecule has 0 aliphatic carbocycles. The van der Waals surface area contributed by atoms with Crippen LogP contribution in [0.5, 0.6) is 0 Å². The summed E-state index contributed by atoms with van der Waals surface area (Å²) in [5.74, 6) is -0.0996. The van der Waals surface area contributed by atoms with Crippen molar-refractivity contribution in [3.05, 3.63) is 34.3 Å². The van der Waals surface area contributed by atoms with Gasteiger partial charge in [-0.15, -0.1) is 0 Å². The fraction of sp³-hybridized carbons (Fsp3) is 0.364. The number of rotatable bonds is 4. The molecule has 4 heteroatoms. The molecule has 0 bridgehead atoms. The summed E-state index contributed by atoms with van der Waals surface area (Å²) >= 11 is 3.37. The van der Waals surface area contributed by atoms with Gasteiger partial charge < -0.3 is 10.1 Å². The van der Waals surface area contributed by atoms with Crippen LogP contribution in [0.25, 0.3) is 0 Å². The van der Waals surface area contributed by atoms with Crippen molar-refractivity contribution >= 4 is 21.8 Å². The molecule has 0 radical (unpaired) electrons. The molecule has 15 heavy (non-hydrogen) atoms. The van der Waals surface area contributed by atoms with Crippen molar-refractivity contribution in [3.63, 3.8) is 0 Å². The number of hydrogen-bond acceptors (Lipinski definition) is 2. The van der Waals surface area contributed by atoms with Crippen LogP contribution in [0.4, 0.5) is 0 Å². The third-order valence-corrected chi connectivity index (χ3v) is 2.57. The predicted molar refractivity (Wildman–Crippen MR) is 62.5 cm³/mol. The minimum atomic E-state index is -0.405. The smallest absolute Gasteiger partial charge is 0.249 e. The van der Waals surface area contributed by atoms with E-state index in [0.717, 1.165) is 10.0 Å². The number of ether oxygens (including phenoxy) is 1. The van der Waals surface area contributed by atoms with Gasteiger partial charge in [0.25, 0.3) is 0 Å². The van der Waals surface area contributed by atoms with Crippen LogP contribution >= 0.6 is 15.9 Å². The van der Waals surface area contributed by atoms with E-state index in [4.69, 9.17) is 4.74 Å². The van der Waals surface area contributed by atoms with Gasteiger partial charge in [-0.1, -0.05) is 28.1 Å². The van der Waals surface area contributed by atoms with Crippen LogP contribution in [0.3, 0.4) is 0 Å². The Bertz CT molecular complexity index is 341. The second-order valence-corrected chi connectivity index (χ2v) is 4.14. The minimum Gasteiger partial charge on any atom is -0.372 e. The van der Waals surface area contributed by atoms with Crippen LogP contribution in [0.15, 0.2) is 28.7 Å². The van der Waals surface area contributed by atoms with Crippen LogP contribution in [0.2, 0.25) is 0 Å². The maximum Gasteiger partial charge on any atom is 0.249 e. The first-order chi connectivity index (χ1) is 7.13. The molecule has 0 aromatic heterocycles. The van der Waals surface area contributed by atoms with Crippen LogP contribution in [-0.2, 0) is 16.1 Å². The van der Waals surface area contributed by atoms with Gasteiger partial charge in [0.1, 0.15) is 6.10 Å². The normalized spacial score (nSPS) is 12.2. The van der Waals surface area contributed by atoms with E-state index in [1.807, 2.05) is 24.3 Å². The Morgan fingerprint density at radius 2 is 2.33 bits per heavy atom. The SMILES string of the molecule is COC(C)C(=O)NCc1cccc(Br)c1. The van der Waals surface area contributed by atoms with Gasteiger partial charge in [0.15, 0.2) is 0 Å². The lowest BCUT2D eigenvalue weighted by Crippen LogP contribution is -2.33. The number of amides is 1. The summed E-state index contributed by atoms with van der Waals surface area (Å²) in [6.07, 6.45) is -0.405. The Labute approximate surface area is 97.9 Å². The quantitative estimate of drug-likeness (QED) is 0.911. The van der Waals surface area contributed by atoms with E-state index in [1.165, 1.54) is 7.11 Å². The van der Waals surface area contributed by atoms with E-state index >= 15 is 0 Å². The molecule has 3 nitrogen and oxygen atoms in total. The molecule has 0 spiro atoms. The highest BCUT2D eigenvalue weighted by Gasteiger charge is 2.10. The van der Waals surface area contributed by atoms with Gasteiger partial charge >= 0.3 is 0 Å². The predicted octanol–water partition coefficient (Wildman–Crippen LogP) is 2.10. The molecule has 1 rings (SSSR count). The summed E-state index contributed by atoms with van der Waals surface area (Å²) in [5, 5.41) is 2.79. The zero-order chi connectivity index (χ0) is 11.3. The van der Waals surface area contributed by atoms with Gasteiger partial charge in [-0.2, -0.15) is 0 Å². The van der Waals surface area contributed by atoms with E-state index in [0.29, 0.717) is 6.54 Å². The number of halogens is 1. The summed E-state index contributed by atoms with van der Waals surface area (Å²) in [6, 6.07) is 7.81. The van der Waals surface area contributed by atoms with Gasteiger partial charge in [0, 0.05) is 18.1 Å². The maximum absolute atomic E-state index is 11.4. The topological polar surface area (TPSA) is 38.3 Å².